The number of nitriles is 1. The van der Waals surface area contributed by atoms with Gasteiger partial charge in [-0.05, 0) is 61.1 Å². The van der Waals surface area contributed by atoms with Gasteiger partial charge in [0.05, 0.1) is 16.2 Å². The Balaban J connectivity index is 2.11. The summed E-state index contributed by atoms with van der Waals surface area (Å²) in [5, 5.41) is 38.6. The summed E-state index contributed by atoms with van der Waals surface area (Å²) in [5.74, 6) is 0. The fraction of sp³-hybridized carbons (Fsp3) is 0.444. The van der Waals surface area contributed by atoms with Crippen LogP contribution >= 0.6 is 0 Å². The van der Waals surface area contributed by atoms with Gasteiger partial charge < -0.3 is 15.1 Å². The van der Waals surface area contributed by atoms with Crippen molar-refractivity contribution in [3.8, 4) is 6.07 Å². The van der Waals surface area contributed by atoms with E-state index in [-0.39, 0.29) is 18.9 Å². The molecule has 7 nitrogen and oxygen atoms in total. The average Bonchev–Trinajstić information content (AvgIpc) is 2.86. The molecule has 0 spiro atoms. The highest BCUT2D eigenvalue weighted by Gasteiger charge is 2.12. The number of non-ortho nitro benzene ring substituents is 1. The monoisotopic (exact) mass is 465 g/mol. The molecule has 0 saturated carbocycles. The number of rotatable bonds is 16. The van der Waals surface area contributed by atoms with Crippen molar-refractivity contribution in [2.24, 2.45) is 0 Å². The molecule has 34 heavy (non-hydrogen) atoms. The van der Waals surface area contributed by atoms with Gasteiger partial charge in [-0.1, -0.05) is 43.9 Å². The van der Waals surface area contributed by atoms with Gasteiger partial charge in [-0.25, -0.2) is 0 Å². The molecule has 7 heteroatoms. The van der Waals surface area contributed by atoms with E-state index in [0.717, 1.165) is 81.3 Å². The molecule has 0 fully saturated rings. The molecule has 0 aliphatic rings. The molecule has 0 atom stereocenters. The fourth-order valence-electron chi connectivity index (χ4n) is 3.81. The van der Waals surface area contributed by atoms with Crippen LogP contribution in [0.4, 0.5) is 11.4 Å². The highest BCUT2D eigenvalue weighted by molar-refractivity contribution is 5.73. The molecule has 182 valence electrons. The maximum absolute atomic E-state index is 10.8. The number of benzene rings is 2. The van der Waals surface area contributed by atoms with Crippen molar-refractivity contribution in [2.75, 3.05) is 31.2 Å². The number of unbranched alkanes of at least 4 members (excludes halogenated alkanes) is 6. The maximum atomic E-state index is 10.8. The molecule has 2 N–H and O–H groups in total. The Hall–Kier alpha value is -3.21. The molecular weight excluding hydrogens is 430 g/mol. The molecule has 0 bridgehead atoms. The SMILES string of the molecule is N#Cc1cc(C=Cc2ccc([N+](=O)[O-])cc2)ccc1N(CCCCCCO)CCCCCCO. The summed E-state index contributed by atoms with van der Waals surface area (Å²) >= 11 is 0. The van der Waals surface area contributed by atoms with Crippen LogP contribution in [0.25, 0.3) is 12.2 Å². The first-order valence-electron chi connectivity index (χ1n) is 12.0. The topological polar surface area (TPSA) is 111 Å². The average molecular weight is 466 g/mol. The molecule has 0 aromatic heterocycles. The second-order valence-electron chi connectivity index (χ2n) is 8.33. The van der Waals surface area contributed by atoms with Crippen LogP contribution < -0.4 is 4.90 Å². The Kier molecular flexibility index (Phi) is 12.4. The second-order valence-corrected chi connectivity index (χ2v) is 8.33. The normalized spacial score (nSPS) is 11.0. The van der Waals surface area contributed by atoms with Gasteiger partial charge in [0.2, 0.25) is 0 Å². The number of nitro benzene ring substituents is 1. The van der Waals surface area contributed by atoms with E-state index in [9.17, 15) is 15.4 Å². The Morgan fingerprint density at radius 2 is 1.35 bits per heavy atom. The molecule has 2 aromatic carbocycles. The summed E-state index contributed by atoms with van der Waals surface area (Å²) in [6.45, 7) is 2.17. The lowest BCUT2D eigenvalue weighted by Gasteiger charge is -2.26. The summed E-state index contributed by atoms with van der Waals surface area (Å²) in [5.41, 5.74) is 3.35. The first kappa shape index (κ1) is 27.0. The molecule has 0 saturated heterocycles. The molecule has 0 radical (unpaired) electrons. The number of aliphatic hydroxyl groups excluding tert-OH is 2. The molecule has 0 heterocycles. The smallest absolute Gasteiger partial charge is 0.269 e. The number of anilines is 1. The van der Waals surface area contributed by atoms with Gasteiger partial charge in [0.15, 0.2) is 0 Å². The van der Waals surface area contributed by atoms with Crippen LogP contribution in [0, 0.1) is 21.4 Å². The third kappa shape index (κ3) is 9.34. The Morgan fingerprint density at radius 3 is 1.88 bits per heavy atom. The summed E-state index contributed by atoms with van der Waals surface area (Å²) < 4.78 is 0. The standard InChI is InChI=1S/C27H35N3O4/c28-22-25-21-24(10-9-23-11-14-26(15-12-23)30(33)34)13-16-27(25)29(17-5-1-3-7-19-31)18-6-2-4-8-20-32/h9-16,21,31-32H,1-8,17-20H2. The minimum absolute atomic E-state index is 0.0566. The zero-order valence-electron chi connectivity index (χ0n) is 19.7. The number of hydrogen-bond acceptors (Lipinski definition) is 6. The minimum atomic E-state index is -0.420. The number of nitrogens with zero attached hydrogens (tertiary/aromatic N) is 3. The highest BCUT2D eigenvalue weighted by Crippen LogP contribution is 2.24. The Morgan fingerprint density at radius 1 is 0.824 bits per heavy atom. The van der Waals surface area contributed by atoms with Gasteiger partial charge in [-0.3, -0.25) is 10.1 Å². The Bertz CT molecular complexity index is 937. The molecule has 0 aliphatic heterocycles. The van der Waals surface area contributed by atoms with Gasteiger partial charge in [-0.2, -0.15) is 5.26 Å². The van der Waals surface area contributed by atoms with Gasteiger partial charge in [0.25, 0.3) is 5.69 Å². The Labute approximate surface area is 202 Å². The zero-order chi connectivity index (χ0) is 24.6. The van der Waals surface area contributed by atoms with Crippen LogP contribution in [0.2, 0.25) is 0 Å². The molecule has 2 rings (SSSR count). The van der Waals surface area contributed by atoms with Crippen molar-refractivity contribution >= 4 is 23.5 Å². The van der Waals surface area contributed by atoms with E-state index >= 15 is 0 Å². The number of nitro groups is 1. The van der Waals surface area contributed by atoms with Gasteiger partial charge in [-0.15, -0.1) is 0 Å². The molecule has 0 unspecified atom stereocenters. The van der Waals surface area contributed by atoms with Crippen LogP contribution in [0.5, 0.6) is 0 Å². The van der Waals surface area contributed by atoms with Crippen molar-refractivity contribution in [2.45, 2.75) is 51.4 Å². The van der Waals surface area contributed by atoms with Crippen molar-refractivity contribution in [1.82, 2.24) is 0 Å². The highest BCUT2D eigenvalue weighted by atomic mass is 16.6. The lowest BCUT2D eigenvalue weighted by molar-refractivity contribution is -0.384. The van der Waals surface area contributed by atoms with E-state index in [2.05, 4.69) is 11.0 Å². The van der Waals surface area contributed by atoms with Crippen molar-refractivity contribution in [1.29, 1.82) is 5.26 Å². The van der Waals surface area contributed by atoms with E-state index in [4.69, 9.17) is 10.2 Å². The fourth-order valence-corrected chi connectivity index (χ4v) is 3.81. The number of hydrogen-bond donors (Lipinski definition) is 2. The van der Waals surface area contributed by atoms with E-state index in [1.165, 1.54) is 12.1 Å². The van der Waals surface area contributed by atoms with Crippen LogP contribution in [-0.4, -0.2) is 41.4 Å². The molecule has 0 aliphatic carbocycles. The van der Waals surface area contributed by atoms with Crippen molar-refractivity contribution in [3.05, 3.63) is 69.3 Å². The first-order valence-corrected chi connectivity index (χ1v) is 12.0. The van der Waals surface area contributed by atoms with E-state index in [1.54, 1.807) is 12.1 Å². The summed E-state index contributed by atoms with van der Waals surface area (Å²) in [6.07, 6.45) is 11.5. The maximum Gasteiger partial charge on any atom is 0.269 e. The third-order valence-electron chi connectivity index (χ3n) is 5.73. The predicted molar refractivity (Wildman–Crippen MR) is 137 cm³/mol. The quantitative estimate of drug-likeness (QED) is 0.146. The minimum Gasteiger partial charge on any atom is -0.396 e. The van der Waals surface area contributed by atoms with Crippen LogP contribution in [0.3, 0.4) is 0 Å². The van der Waals surface area contributed by atoms with E-state index < -0.39 is 4.92 Å². The zero-order valence-corrected chi connectivity index (χ0v) is 19.7. The van der Waals surface area contributed by atoms with Crippen molar-refractivity contribution < 1.29 is 15.1 Å². The van der Waals surface area contributed by atoms with Crippen LogP contribution in [0.15, 0.2) is 42.5 Å². The molecular formula is C27H35N3O4. The number of aliphatic hydroxyl groups is 2. The van der Waals surface area contributed by atoms with Crippen LogP contribution in [0.1, 0.15) is 68.1 Å². The summed E-state index contributed by atoms with van der Waals surface area (Å²) in [7, 11) is 0. The van der Waals surface area contributed by atoms with Crippen LogP contribution in [-0.2, 0) is 0 Å². The summed E-state index contributed by atoms with van der Waals surface area (Å²) in [4.78, 5) is 12.7. The summed E-state index contributed by atoms with van der Waals surface area (Å²) in [6, 6.07) is 14.5. The lowest BCUT2D eigenvalue weighted by Crippen LogP contribution is -2.26. The third-order valence-corrected chi connectivity index (χ3v) is 5.73. The molecule has 2 aromatic rings. The van der Waals surface area contributed by atoms with Gasteiger partial charge in [0, 0.05) is 38.4 Å². The second kappa shape index (κ2) is 15.6. The first-order chi connectivity index (χ1) is 16.6. The lowest BCUT2D eigenvalue weighted by atomic mass is 10.1. The van der Waals surface area contributed by atoms with E-state index in [0.29, 0.717) is 5.56 Å². The van der Waals surface area contributed by atoms with Crippen molar-refractivity contribution in [3.63, 3.8) is 0 Å². The van der Waals surface area contributed by atoms with E-state index in [1.807, 2.05) is 30.4 Å². The predicted octanol–water partition coefficient (Wildman–Crippen LogP) is 5.55. The molecule has 0 amide bonds. The van der Waals surface area contributed by atoms with Gasteiger partial charge >= 0.3 is 0 Å². The van der Waals surface area contributed by atoms with Gasteiger partial charge in [0.1, 0.15) is 6.07 Å². The largest absolute Gasteiger partial charge is 0.396 e.